The van der Waals surface area contributed by atoms with Crippen molar-refractivity contribution in [2.45, 2.75) is 26.0 Å². The van der Waals surface area contributed by atoms with Gasteiger partial charge in [0.05, 0.1) is 10.9 Å². The van der Waals surface area contributed by atoms with Crippen molar-refractivity contribution in [1.29, 1.82) is 0 Å². The summed E-state index contributed by atoms with van der Waals surface area (Å²) in [6.07, 6.45) is 1.53. The van der Waals surface area contributed by atoms with Crippen LogP contribution in [0.5, 0.6) is 0 Å². The number of sulfonamides is 1. The molecule has 1 rings (SSSR count). The van der Waals surface area contributed by atoms with E-state index in [4.69, 9.17) is 11.6 Å². The van der Waals surface area contributed by atoms with E-state index in [2.05, 4.69) is 9.71 Å². The second kappa shape index (κ2) is 4.37. The number of pyridine rings is 1. The maximum absolute atomic E-state index is 11.6. The van der Waals surface area contributed by atoms with Gasteiger partial charge in [0.15, 0.2) is 5.15 Å². The van der Waals surface area contributed by atoms with Gasteiger partial charge in [-0.15, -0.1) is 0 Å². The van der Waals surface area contributed by atoms with Crippen molar-refractivity contribution in [1.82, 2.24) is 4.98 Å². The molecule has 0 saturated carbocycles. The van der Waals surface area contributed by atoms with Crippen molar-refractivity contribution in [3.63, 3.8) is 0 Å². The van der Waals surface area contributed by atoms with Gasteiger partial charge in [-0.05, 0) is 32.4 Å². The van der Waals surface area contributed by atoms with Gasteiger partial charge < -0.3 is 0 Å². The van der Waals surface area contributed by atoms with Gasteiger partial charge in [-0.1, -0.05) is 11.6 Å². The fourth-order valence-corrected chi connectivity index (χ4v) is 1.99. The Morgan fingerprint density at radius 1 is 1.47 bits per heavy atom. The zero-order valence-electron chi connectivity index (χ0n) is 8.78. The minimum atomic E-state index is -3.37. The van der Waals surface area contributed by atoms with Crippen LogP contribution in [0.3, 0.4) is 0 Å². The highest BCUT2D eigenvalue weighted by molar-refractivity contribution is 7.93. The molecule has 15 heavy (non-hydrogen) atoms. The first-order valence-corrected chi connectivity index (χ1v) is 6.39. The largest absolute Gasteiger partial charge is 0.280 e. The molecule has 0 fully saturated rings. The molecule has 84 valence electrons. The summed E-state index contributed by atoms with van der Waals surface area (Å²) in [5, 5.41) is -0.340. The first-order valence-electron chi connectivity index (χ1n) is 4.47. The molecule has 1 heterocycles. The van der Waals surface area contributed by atoms with Crippen molar-refractivity contribution in [3.05, 3.63) is 23.0 Å². The van der Waals surface area contributed by atoms with Crippen LogP contribution in [0.15, 0.2) is 12.3 Å². The summed E-state index contributed by atoms with van der Waals surface area (Å²) in [6.45, 7) is 4.97. The summed E-state index contributed by atoms with van der Waals surface area (Å²) in [5.41, 5.74) is 1.10. The molecule has 1 aromatic heterocycles. The molecule has 0 aliphatic heterocycles. The minimum absolute atomic E-state index is 0.166. The third-order valence-electron chi connectivity index (χ3n) is 1.98. The molecule has 6 heteroatoms. The zero-order chi connectivity index (χ0) is 11.6. The summed E-state index contributed by atoms with van der Waals surface area (Å²) in [7, 11) is -3.37. The lowest BCUT2D eigenvalue weighted by atomic mass is 10.3. The lowest BCUT2D eigenvalue weighted by Crippen LogP contribution is -2.23. The molecule has 0 atom stereocenters. The predicted octanol–water partition coefficient (Wildman–Crippen LogP) is 2.19. The summed E-state index contributed by atoms with van der Waals surface area (Å²) < 4.78 is 25.6. The molecule has 0 aliphatic carbocycles. The number of halogens is 1. The molecule has 0 bridgehead atoms. The maximum atomic E-state index is 11.6. The van der Waals surface area contributed by atoms with Crippen molar-refractivity contribution >= 4 is 27.3 Å². The third-order valence-corrected chi connectivity index (χ3v) is 3.99. The minimum Gasteiger partial charge on any atom is -0.280 e. The van der Waals surface area contributed by atoms with E-state index in [1.54, 1.807) is 26.8 Å². The molecule has 0 radical (unpaired) electrons. The molecule has 0 aromatic carbocycles. The Bertz CT molecular complexity index is 437. The fraction of sp³-hybridized carbons (Fsp3) is 0.444. The average molecular weight is 249 g/mol. The van der Waals surface area contributed by atoms with E-state index >= 15 is 0 Å². The van der Waals surface area contributed by atoms with Gasteiger partial charge in [-0.2, -0.15) is 0 Å². The summed E-state index contributed by atoms with van der Waals surface area (Å²) >= 11 is 5.80. The van der Waals surface area contributed by atoms with Crippen LogP contribution in [0.4, 0.5) is 5.69 Å². The lowest BCUT2D eigenvalue weighted by Gasteiger charge is -2.13. The van der Waals surface area contributed by atoms with Gasteiger partial charge in [0.25, 0.3) is 0 Å². The van der Waals surface area contributed by atoms with E-state index in [9.17, 15) is 8.42 Å². The first-order chi connectivity index (χ1) is 6.84. The van der Waals surface area contributed by atoms with Gasteiger partial charge in [-0.3, -0.25) is 4.72 Å². The Kier molecular flexibility index (Phi) is 3.57. The van der Waals surface area contributed by atoms with Gasteiger partial charge in [-0.25, -0.2) is 13.4 Å². The van der Waals surface area contributed by atoms with Gasteiger partial charge in [0.2, 0.25) is 10.0 Å². The number of aryl methyl sites for hydroxylation is 1. The molecule has 0 spiro atoms. The number of hydrogen-bond acceptors (Lipinski definition) is 3. The second-order valence-electron chi connectivity index (χ2n) is 3.49. The van der Waals surface area contributed by atoms with Crippen LogP contribution in [0, 0.1) is 6.92 Å². The Hall–Kier alpha value is -0.810. The SMILES string of the molecule is Cc1ccnc(Cl)c1NS(=O)(=O)C(C)C. The Morgan fingerprint density at radius 3 is 2.53 bits per heavy atom. The van der Waals surface area contributed by atoms with Crippen molar-refractivity contribution < 1.29 is 8.42 Å². The first kappa shape index (κ1) is 12.3. The van der Waals surface area contributed by atoms with E-state index in [0.29, 0.717) is 5.69 Å². The maximum Gasteiger partial charge on any atom is 0.235 e. The normalized spacial score (nSPS) is 11.8. The van der Waals surface area contributed by atoms with Crippen molar-refractivity contribution in [2.24, 2.45) is 0 Å². The van der Waals surface area contributed by atoms with Crippen LogP contribution in [-0.4, -0.2) is 18.7 Å². The van der Waals surface area contributed by atoms with Gasteiger partial charge >= 0.3 is 0 Å². The molecular weight excluding hydrogens is 236 g/mol. The summed E-state index contributed by atoms with van der Waals surface area (Å²) in [5.74, 6) is 0. The monoisotopic (exact) mass is 248 g/mol. The third kappa shape index (κ3) is 2.82. The zero-order valence-corrected chi connectivity index (χ0v) is 10.4. The van der Waals surface area contributed by atoms with E-state index in [1.165, 1.54) is 6.20 Å². The lowest BCUT2D eigenvalue weighted by molar-refractivity contribution is 0.592. The van der Waals surface area contributed by atoms with E-state index < -0.39 is 15.3 Å². The molecule has 0 aliphatic rings. The molecule has 1 N–H and O–H groups in total. The van der Waals surface area contributed by atoms with Crippen LogP contribution in [0.25, 0.3) is 0 Å². The molecule has 0 saturated heterocycles. The highest BCUT2D eigenvalue weighted by atomic mass is 35.5. The van der Waals surface area contributed by atoms with E-state index in [-0.39, 0.29) is 5.15 Å². The Balaban J connectivity index is 3.11. The molecule has 1 aromatic rings. The number of aromatic nitrogens is 1. The van der Waals surface area contributed by atoms with Crippen molar-refractivity contribution in [3.8, 4) is 0 Å². The van der Waals surface area contributed by atoms with Gasteiger partial charge in [0, 0.05) is 6.20 Å². The van der Waals surface area contributed by atoms with E-state index in [0.717, 1.165) is 5.56 Å². The quantitative estimate of drug-likeness (QED) is 0.835. The summed E-state index contributed by atoms with van der Waals surface area (Å²) in [6, 6.07) is 1.70. The molecule has 4 nitrogen and oxygen atoms in total. The van der Waals surface area contributed by atoms with Gasteiger partial charge in [0.1, 0.15) is 0 Å². The number of nitrogens with one attached hydrogen (secondary N) is 1. The smallest absolute Gasteiger partial charge is 0.235 e. The Morgan fingerprint density at radius 2 is 2.07 bits per heavy atom. The molecule has 0 unspecified atom stereocenters. The van der Waals surface area contributed by atoms with Crippen LogP contribution < -0.4 is 4.72 Å². The second-order valence-corrected chi connectivity index (χ2v) is 6.08. The van der Waals surface area contributed by atoms with Crippen molar-refractivity contribution in [2.75, 3.05) is 4.72 Å². The standard InChI is InChI=1S/C9H13ClN2O2S/c1-6(2)15(13,14)12-8-7(3)4-5-11-9(8)10/h4-6,12H,1-3H3. The van der Waals surface area contributed by atoms with E-state index in [1.807, 2.05) is 0 Å². The highest BCUT2D eigenvalue weighted by Crippen LogP contribution is 2.24. The fourth-order valence-electron chi connectivity index (χ4n) is 0.908. The Labute approximate surface area is 94.7 Å². The molecular formula is C9H13ClN2O2S. The number of rotatable bonds is 3. The van der Waals surface area contributed by atoms with Crippen LogP contribution in [0.1, 0.15) is 19.4 Å². The number of hydrogen-bond donors (Lipinski definition) is 1. The van der Waals surface area contributed by atoms with Crippen LogP contribution in [-0.2, 0) is 10.0 Å². The number of anilines is 1. The average Bonchev–Trinajstić information content (AvgIpc) is 2.11. The predicted molar refractivity (Wildman–Crippen MR) is 61.7 cm³/mol. The number of nitrogens with zero attached hydrogens (tertiary/aromatic N) is 1. The van der Waals surface area contributed by atoms with Crippen LogP contribution in [0.2, 0.25) is 5.15 Å². The van der Waals surface area contributed by atoms with Crippen LogP contribution >= 0.6 is 11.6 Å². The molecule has 0 amide bonds. The highest BCUT2D eigenvalue weighted by Gasteiger charge is 2.18. The topological polar surface area (TPSA) is 59.1 Å². The summed E-state index contributed by atoms with van der Waals surface area (Å²) in [4.78, 5) is 3.82.